The van der Waals surface area contributed by atoms with Gasteiger partial charge in [0.1, 0.15) is 4.99 Å². The molecule has 0 spiro atoms. The smallest absolute Gasteiger partial charge is 0.273 e. The van der Waals surface area contributed by atoms with E-state index in [2.05, 4.69) is 0 Å². The Morgan fingerprint density at radius 1 is 0.783 bits per heavy atom. The number of rotatable bonds is 2. The highest BCUT2D eigenvalue weighted by Gasteiger charge is 2.49. The summed E-state index contributed by atoms with van der Waals surface area (Å²) in [6.07, 6.45) is 0. The molecule has 0 radical (unpaired) electrons. The Labute approximate surface area is 140 Å². The molecule has 3 rings (SSSR count). The van der Waals surface area contributed by atoms with Gasteiger partial charge in [0.25, 0.3) is 0 Å². The molecule has 2 aromatic carbocycles. The lowest BCUT2D eigenvalue weighted by atomic mass is 9.88. The number of hydrogen-bond donors (Lipinski definition) is 0. The molecule has 0 aromatic heterocycles. The Kier molecular flexibility index (Phi) is 3.74. The molecule has 0 atom stereocenters. The molecule has 23 heavy (non-hydrogen) atoms. The van der Waals surface area contributed by atoms with Crippen LogP contribution in [-0.4, -0.2) is 16.9 Å². The molecule has 1 saturated heterocycles. The minimum absolute atomic E-state index is 0.311. The Hall–Kier alpha value is -2.53. The lowest BCUT2D eigenvalue weighted by Gasteiger charge is -2.42. The summed E-state index contributed by atoms with van der Waals surface area (Å²) in [5, 5.41) is 0. The first-order valence-electron chi connectivity index (χ1n) is 7.28. The number of amides is 3. The lowest BCUT2D eigenvalue weighted by Crippen LogP contribution is -2.63. The number of hydrogen-bond acceptors (Lipinski definition) is 3. The standard InChI is InChI=1S/C18H16N2O2S/c1-18(2)15(21)19(13-9-5-3-6-10-13)17(22)20(16(18)23)14-11-7-4-8-12-14/h3-12H,1-2H3. The van der Waals surface area contributed by atoms with Crippen molar-refractivity contribution in [2.24, 2.45) is 5.41 Å². The Bertz CT molecular complexity index is 709. The Balaban J connectivity index is 2.14. The predicted molar refractivity (Wildman–Crippen MR) is 94.6 cm³/mol. The van der Waals surface area contributed by atoms with Gasteiger partial charge in [0.2, 0.25) is 5.91 Å². The van der Waals surface area contributed by atoms with Crippen molar-refractivity contribution in [3.8, 4) is 0 Å². The van der Waals surface area contributed by atoms with Crippen molar-refractivity contribution in [2.45, 2.75) is 13.8 Å². The SMILES string of the molecule is CC1(C)C(=O)N(c2ccccc2)C(=O)N(c2ccccc2)C1=S. The summed E-state index contributed by atoms with van der Waals surface area (Å²) in [5.41, 5.74) is 0.248. The summed E-state index contributed by atoms with van der Waals surface area (Å²) in [4.78, 5) is 28.8. The van der Waals surface area contributed by atoms with Gasteiger partial charge in [-0.05, 0) is 38.1 Å². The molecule has 0 unspecified atom stereocenters. The fourth-order valence-corrected chi connectivity index (χ4v) is 2.80. The molecule has 0 saturated carbocycles. The van der Waals surface area contributed by atoms with Crippen molar-refractivity contribution >= 4 is 40.5 Å². The average molecular weight is 324 g/mol. The molecule has 1 heterocycles. The van der Waals surface area contributed by atoms with Crippen LogP contribution in [0.4, 0.5) is 16.2 Å². The van der Waals surface area contributed by atoms with Crippen molar-refractivity contribution < 1.29 is 9.59 Å². The van der Waals surface area contributed by atoms with E-state index in [0.717, 1.165) is 0 Å². The minimum Gasteiger partial charge on any atom is -0.273 e. The van der Waals surface area contributed by atoms with Crippen LogP contribution in [0, 0.1) is 5.41 Å². The van der Waals surface area contributed by atoms with Crippen LogP contribution in [-0.2, 0) is 4.79 Å². The number of benzene rings is 2. The highest BCUT2D eigenvalue weighted by Crippen LogP contribution is 2.35. The van der Waals surface area contributed by atoms with Crippen molar-refractivity contribution in [3.63, 3.8) is 0 Å². The molecule has 1 fully saturated rings. The van der Waals surface area contributed by atoms with Gasteiger partial charge in [-0.25, -0.2) is 9.69 Å². The zero-order chi connectivity index (χ0) is 16.6. The maximum atomic E-state index is 13.0. The molecular weight excluding hydrogens is 308 g/mol. The predicted octanol–water partition coefficient (Wildman–Crippen LogP) is 4.01. The maximum Gasteiger partial charge on any atom is 0.340 e. The van der Waals surface area contributed by atoms with Gasteiger partial charge in [0.15, 0.2) is 0 Å². The van der Waals surface area contributed by atoms with Crippen LogP contribution in [0.2, 0.25) is 0 Å². The third kappa shape index (κ3) is 2.43. The molecule has 0 aliphatic carbocycles. The lowest BCUT2D eigenvalue weighted by molar-refractivity contribution is -0.123. The number of carbonyl (C=O) groups excluding carboxylic acids is 2. The van der Waals surface area contributed by atoms with Crippen LogP contribution in [0.1, 0.15) is 13.8 Å². The average Bonchev–Trinajstić information content (AvgIpc) is 2.56. The molecule has 0 bridgehead atoms. The van der Waals surface area contributed by atoms with E-state index in [9.17, 15) is 9.59 Å². The fraction of sp³-hybridized carbons (Fsp3) is 0.167. The second-order valence-electron chi connectivity index (χ2n) is 5.86. The van der Waals surface area contributed by atoms with Crippen LogP contribution in [0.3, 0.4) is 0 Å². The summed E-state index contributed by atoms with van der Waals surface area (Å²) >= 11 is 5.46. The van der Waals surface area contributed by atoms with Gasteiger partial charge in [-0.2, -0.15) is 0 Å². The van der Waals surface area contributed by atoms with E-state index >= 15 is 0 Å². The highest BCUT2D eigenvalue weighted by atomic mass is 32.1. The summed E-state index contributed by atoms with van der Waals surface area (Å²) in [5.74, 6) is -0.314. The summed E-state index contributed by atoms with van der Waals surface area (Å²) < 4.78 is 0. The van der Waals surface area contributed by atoms with Gasteiger partial charge in [0, 0.05) is 0 Å². The number of nitrogens with zero attached hydrogens (tertiary/aromatic N) is 2. The number of para-hydroxylation sites is 2. The normalized spacial score (nSPS) is 17.6. The molecule has 1 aliphatic rings. The van der Waals surface area contributed by atoms with Crippen LogP contribution < -0.4 is 9.80 Å². The van der Waals surface area contributed by atoms with E-state index < -0.39 is 11.4 Å². The highest BCUT2D eigenvalue weighted by molar-refractivity contribution is 7.81. The van der Waals surface area contributed by atoms with Gasteiger partial charge in [-0.1, -0.05) is 48.6 Å². The van der Waals surface area contributed by atoms with Crippen molar-refractivity contribution in [3.05, 3.63) is 60.7 Å². The van der Waals surface area contributed by atoms with Crippen LogP contribution in [0.15, 0.2) is 60.7 Å². The third-order valence-electron chi connectivity index (χ3n) is 3.89. The molecule has 0 N–H and O–H groups in total. The summed E-state index contributed by atoms with van der Waals surface area (Å²) in [6, 6.07) is 17.6. The topological polar surface area (TPSA) is 40.6 Å². The van der Waals surface area contributed by atoms with E-state index in [1.807, 2.05) is 24.3 Å². The number of carbonyl (C=O) groups is 2. The van der Waals surface area contributed by atoms with Gasteiger partial charge >= 0.3 is 6.03 Å². The van der Waals surface area contributed by atoms with E-state index in [0.29, 0.717) is 16.4 Å². The van der Waals surface area contributed by atoms with E-state index in [4.69, 9.17) is 12.2 Å². The maximum absolute atomic E-state index is 13.0. The van der Waals surface area contributed by atoms with E-state index in [-0.39, 0.29) is 5.91 Å². The first kappa shape index (κ1) is 15.4. The van der Waals surface area contributed by atoms with E-state index in [1.54, 1.807) is 50.2 Å². The first-order valence-corrected chi connectivity index (χ1v) is 7.68. The molecular formula is C18H16N2O2S. The van der Waals surface area contributed by atoms with Gasteiger partial charge in [-0.3, -0.25) is 9.69 Å². The fourth-order valence-electron chi connectivity index (χ4n) is 2.53. The summed E-state index contributed by atoms with van der Waals surface area (Å²) in [7, 11) is 0. The second-order valence-corrected chi connectivity index (χ2v) is 6.25. The number of imide groups is 1. The Morgan fingerprint density at radius 3 is 1.70 bits per heavy atom. The third-order valence-corrected chi connectivity index (χ3v) is 4.58. The van der Waals surface area contributed by atoms with Crippen LogP contribution in [0.25, 0.3) is 0 Å². The Morgan fingerprint density at radius 2 is 1.22 bits per heavy atom. The van der Waals surface area contributed by atoms with Gasteiger partial charge in [-0.15, -0.1) is 0 Å². The minimum atomic E-state index is -0.949. The molecule has 4 nitrogen and oxygen atoms in total. The monoisotopic (exact) mass is 324 g/mol. The van der Waals surface area contributed by atoms with Gasteiger partial charge in [0.05, 0.1) is 16.8 Å². The zero-order valence-corrected chi connectivity index (χ0v) is 13.7. The number of urea groups is 1. The largest absolute Gasteiger partial charge is 0.340 e. The number of anilines is 2. The molecule has 1 aliphatic heterocycles. The van der Waals surface area contributed by atoms with Crippen molar-refractivity contribution in [1.82, 2.24) is 0 Å². The number of thiocarbonyl (C=S) groups is 1. The quantitative estimate of drug-likeness (QED) is 0.784. The molecule has 5 heteroatoms. The zero-order valence-electron chi connectivity index (χ0n) is 12.9. The van der Waals surface area contributed by atoms with Gasteiger partial charge < -0.3 is 0 Å². The van der Waals surface area contributed by atoms with Crippen LogP contribution >= 0.6 is 12.2 Å². The summed E-state index contributed by atoms with van der Waals surface area (Å²) in [6.45, 7) is 3.49. The van der Waals surface area contributed by atoms with Crippen molar-refractivity contribution in [2.75, 3.05) is 9.80 Å². The molecule has 2 aromatic rings. The molecule has 3 amide bonds. The van der Waals surface area contributed by atoms with Crippen molar-refractivity contribution in [1.29, 1.82) is 0 Å². The first-order chi connectivity index (χ1) is 10.9. The van der Waals surface area contributed by atoms with Crippen LogP contribution in [0.5, 0.6) is 0 Å². The molecule has 116 valence electrons. The van der Waals surface area contributed by atoms with E-state index in [1.165, 1.54) is 9.80 Å². The second kappa shape index (κ2) is 5.59.